The summed E-state index contributed by atoms with van der Waals surface area (Å²) < 4.78 is 0. The third kappa shape index (κ3) is 1.61. The fourth-order valence-electron chi connectivity index (χ4n) is 6.03. The topological polar surface area (TPSA) is 42.0 Å². The molecule has 120 valence electrons. The Morgan fingerprint density at radius 1 is 1.30 bits per heavy atom. The van der Waals surface area contributed by atoms with Crippen LogP contribution in [-0.2, 0) is 11.2 Å². The van der Waals surface area contributed by atoms with Gasteiger partial charge < -0.3 is 5.32 Å². The Morgan fingerprint density at radius 3 is 2.87 bits per heavy atom. The first-order chi connectivity index (χ1) is 11.0. The summed E-state index contributed by atoms with van der Waals surface area (Å²) in [6, 6.07) is 0. The molecule has 23 heavy (non-hydrogen) atoms. The Balaban J connectivity index is 1.58. The molecule has 5 aliphatic rings. The van der Waals surface area contributed by atoms with Crippen LogP contribution in [0.15, 0.2) is 12.3 Å². The van der Waals surface area contributed by atoms with Crippen LogP contribution in [0.3, 0.4) is 0 Å². The first-order valence-corrected chi connectivity index (χ1v) is 8.97. The fourth-order valence-corrected chi connectivity index (χ4v) is 6.03. The highest BCUT2D eigenvalue weighted by molar-refractivity contribution is 6.04. The van der Waals surface area contributed by atoms with Gasteiger partial charge >= 0.3 is 0 Å². The lowest BCUT2D eigenvalue weighted by molar-refractivity contribution is -0.142. The molecular formula is C20H24N2O. The molecule has 0 radical (unpaired) electrons. The predicted molar refractivity (Wildman–Crippen MR) is 91.0 cm³/mol. The minimum Gasteiger partial charge on any atom is -0.324 e. The van der Waals surface area contributed by atoms with E-state index in [1.165, 1.54) is 24.0 Å². The van der Waals surface area contributed by atoms with E-state index >= 15 is 0 Å². The molecule has 4 aliphatic carbocycles. The number of pyridine rings is 1. The normalized spacial score (nSPS) is 38.7. The van der Waals surface area contributed by atoms with Crippen molar-refractivity contribution in [2.75, 3.05) is 5.32 Å². The van der Waals surface area contributed by atoms with Crippen molar-refractivity contribution in [3.05, 3.63) is 29.1 Å². The molecule has 0 spiro atoms. The van der Waals surface area contributed by atoms with E-state index in [-0.39, 0.29) is 11.8 Å². The summed E-state index contributed by atoms with van der Waals surface area (Å²) in [6.07, 6.45) is 9.68. The average Bonchev–Trinajstić information content (AvgIpc) is 3.09. The van der Waals surface area contributed by atoms with Crippen molar-refractivity contribution in [1.82, 2.24) is 4.98 Å². The van der Waals surface area contributed by atoms with E-state index in [4.69, 9.17) is 0 Å². The van der Waals surface area contributed by atoms with Gasteiger partial charge in [-0.15, -0.1) is 0 Å². The lowest BCUT2D eigenvalue weighted by Gasteiger charge is -2.63. The van der Waals surface area contributed by atoms with Gasteiger partial charge in [-0.2, -0.15) is 0 Å². The van der Waals surface area contributed by atoms with Crippen molar-refractivity contribution < 1.29 is 4.79 Å². The zero-order valence-electron chi connectivity index (χ0n) is 14.1. The number of allylic oxidation sites excluding steroid dienone is 1. The summed E-state index contributed by atoms with van der Waals surface area (Å²) in [4.78, 5) is 17.3. The van der Waals surface area contributed by atoms with Gasteiger partial charge in [-0.3, -0.25) is 9.78 Å². The fraction of sp³-hybridized carbons (Fsp3) is 0.600. The largest absolute Gasteiger partial charge is 0.324 e. The van der Waals surface area contributed by atoms with Crippen LogP contribution in [-0.4, -0.2) is 10.9 Å². The summed E-state index contributed by atoms with van der Waals surface area (Å²) in [5, 5.41) is 3.11. The molecular weight excluding hydrogens is 284 g/mol. The average molecular weight is 308 g/mol. The van der Waals surface area contributed by atoms with Gasteiger partial charge in [0.2, 0.25) is 5.91 Å². The smallest absolute Gasteiger partial charge is 0.232 e. The molecule has 3 heteroatoms. The molecule has 6 rings (SSSR count). The number of fused-ring (bicyclic) bond motifs is 5. The molecule has 1 aromatic rings. The van der Waals surface area contributed by atoms with Crippen molar-refractivity contribution in [2.45, 2.75) is 46.0 Å². The van der Waals surface area contributed by atoms with E-state index < -0.39 is 0 Å². The van der Waals surface area contributed by atoms with E-state index in [9.17, 15) is 4.79 Å². The highest BCUT2D eigenvalue weighted by atomic mass is 16.2. The maximum Gasteiger partial charge on any atom is 0.232 e. The van der Waals surface area contributed by atoms with Crippen LogP contribution in [0.4, 0.5) is 5.69 Å². The number of amides is 1. The van der Waals surface area contributed by atoms with Gasteiger partial charge in [0.25, 0.3) is 0 Å². The number of rotatable bonds is 1. The van der Waals surface area contributed by atoms with Crippen molar-refractivity contribution in [1.29, 1.82) is 0 Å². The van der Waals surface area contributed by atoms with Crippen molar-refractivity contribution >= 4 is 17.7 Å². The number of nitrogens with one attached hydrogen (secondary N) is 1. The summed E-state index contributed by atoms with van der Waals surface area (Å²) in [7, 11) is 0. The van der Waals surface area contributed by atoms with Crippen LogP contribution in [0.2, 0.25) is 0 Å². The Morgan fingerprint density at radius 2 is 2.13 bits per heavy atom. The number of carbonyl (C=O) groups excluding carboxylic acids is 1. The summed E-state index contributed by atoms with van der Waals surface area (Å²) in [5.74, 6) is 2.89. The van der Waals surface area contributed by atoms with Crippen LogP contribution < -0.4 is 5.32 Å². The summed E-state index contributed by atoms with van der Waals surface area (Å²) >= 11 is 0. The number of aromatic nitrogens is 1. The number of carbonyl (C=O) groups is 1. The van der Waals surface area contributed by atoms with Gasteiger partial charge in [-0.05, 0) is 47.5 Å². The first-order valence-electron chi connectivity index (χ1n) is 8.97. The molecule has 0 saturated heterocycles. The third-order valence-electron chi connectivity index (χ3n) is 7.53. The molecule has 1 unspecified atom stereocenters. The number of anilines is 1. The number of hydrogen-bond acceptors (Lipinski definition) is 2. The second-order valence-corrected chi connectivity index (χ2v) is 8.64. The second kappa shape index (κ2) is 4.25. The molecule has 1 aliphatic heterocycles. The molecule has 2 heterocycles. The SMILES string of the molecule is C[C@H]1[C@H](C2C(=O)Nc3cnc4c(c32)C=CC4)C[C@H]2C[C@@H]1C2(C)C. The summed E-state index contributed by atoms with van der Waals surface area (Å²) in [6.45, 7) is 7.23. The van der Waals surface area contributed by atoms with Crippen LogP contribution in [0, 0.1) is 29.1 Å². The molecule has 3 fully saturated rings. The second-order valence-electron chi connectivity index (χ2n) is 8.64. The van der Waals surface area contributed by atoms with Crippen molar-refractivity contribution in [2.24, 2.45) is 29.1 Å². The monoisotopic (exact) mass is 308 g/mol. The zero-order valence-corrected chi connectivity index (χ0v) is 14.1. The number of nitrogens with zero attached hydrogens (tertiary/aromatic N) is 1. The van der Waals surface area contributed by atoms with E-state index in [2.05, 4.69) is 43.2 Å². The van der Waals surface area contributed by atoms with Crippen LogP contribution >= 0.6 is 0 Å². The Kier molecular flexibility index (Phi) is 2.55. The van der Waals surface area contributed by atoms with E-state index in [0.29, 0.717) is 17.3 Å². The summed E-state index contributed by atoms with van der Waals surface area (Å²) in [5.41, 5.74) is 5.02. The molecule has 1 N–H and O–H groups in total. The van der Waals surface area contributed by atoms with E-state index in [1.807, 2.05) is 6.20 Å². The van der Waals surface area contributed by atoms with Gasteiger partial charge in [-0.25, -0.2) is 0 Å². The molecule has 0 aromatic carbocycles. The molecule has 1 amide bonds. The van der Waals surface area contributed by atoms with Gasteiger partial charge in [0.05, 0.1) is 23.5 Å². The third-order valence-corrected chi connectivity index (χ3v) is 7.53. The minimum absolute atomic E-state index is 0.0286. The Labute approximate surface area is 137 Å². The van der Waals surface area contributed by atoms with Gasteiger partial charge in [0.1, 0.15) is 0 Å². The molecule has 3 nitrogen and oxygen atoms in total. The quantitative estimate of drug-likeness (QED) is 0.852. The lowest BCUT2D eigenvalue weighted by atomic mass is 9.42. The van der Waals surface area contributed by atoms with Gasteiger partial charge in [0, 0.05) is 12.0 Å². The minimum atomic E-state index is 0.0286. The van der Waals surface area contributed by atoms with Crippen LogP contribution in [0.1, 0.15) is 56.4 Å². The lowest BCUT2D eigenvalue weighted by Crippen LogP contribution is -2.56. The predicted octanol–water partition coefficient (Wildman–Crippen LogP) is 4.00. The maximum absolute atomic E-state index is 12.8. The molecule has 3 saturated carbocycles. The standard InChI is InChI=1S/C20H24N2O/c1-10-13(7-11-8-14(10)20(11,2)3)18-17-12-5-4-6-15(12)21-9-16(17)22-19(18)23/h4-5,9-11,13-14,18H,6-8H2,1-3H3,(H,22,23)/t10-,11-,13+,14-,18?/m0/s1. The highest BCUT2D eigenvalue weighted by Gasteiger charge is 2.59. The first kappa shape index (κ1) is 13.8. The van der Waals surface area contributed by atoms with Gasteiger partial charge in [-0.1, -0.05) is 32.9 Å². The zero-order chi connectivity index (χ0) is 15.9. The van der Waals surface area contributed by atoms with E-state index in [0.717, 1.165) is 29.6 Å². The van der Waals surface area contributed by atoms with Gasteiger partial charge in [0.15, 0.2) is 0 Å². The molecule has 5 atom stereocenters. The Bertz CT molecular complexity index is 748. The maximum atomic E-state index is 12.8. The van der Waals surface area contributed by atoms with Crippen LogP contribution in [0.25, 0.3) is 6.08 Å². The number of hydrogen-bond donors (Lipinski definition) is 1. The highest BCUT2D eigenvalue weighted by Crippen LogP contribution is 2.65. The van der Waals surface area contributed by atoms with E-state index in [1.54, 1.807) is 0 Å². The van der Waals surface area contributed by atoms with Crippen molar-refractivity contribution in [3.8, 4) is 0 Å². The Hall–Kier alpha value is -1.64. The van der Waals surface area contributed by atoms with Crippen LogP contribution in [0.5, 0.6) is 0 Å². The molecule has 1 aromatic heterocycles. The van der Waals surface area contributed by atoms with Crippen molar-refractivity contribution in [3.63, 3.8) is 0 Å². The molecule has 2 bridgehead atoms.